The van der Waals surface area contributed by atoms with Crippen molar-refractivity contribution >= 4 is 26.4 Å². The van der Waals surface area contributed by atoms with Crippen molar-refractivity contribution in [1.82, 2.24) is 4.40 Å². The van der Waals surface area contributed by atoms with E-state index in [9.17, 15) is 0 Å². The monoisotopic (exact) mass is 172 g/mol. The minimum atomic E-state index is 1.19. The SMILES string of the molecule is [c]1ccn2c1sc1ccccc12. The molecule has 2 heterocycles. The third-order valence-electron chi connectivity index (χ3n) is 1.98. The van der Waals surface area contributed by atoms with Crippen molar-refractivity contribution in [2.24, 2.45) is 0 Å². The number of nitrogens with zero attached hydrogens (tertiary/aromatic N) is 1. The molecule has 0 saturated heterocycles. The molecule has 3 rings (SSSR count). The summed E-state index contributed by atoms with van der Waals surface area (Å²) in [5.74, 6) is 0. The highest BCUT2D eigenvalue weighted by atomic mass is 32.1. The third kappa shape index (κ3) is 0.676. The fraction of sp³-hybridized carbons (Fsp3) is 0. The Hall–Kier alpha value is -1.28. The van der Waals surface area contributed by atoms with Crippen LogP contribution in [0.3, 0.4) is 0 Å². The fourth-order valence-corrected chi connectivity index (χ4v) is 2.45. The molecule has 0 bridgehead atoms. The highest BCUT2D eigenvalue weighted by molar-refractivity contribution is 7.23. The molecule has 0 N–H and O–H groups in total. The average molecular weight is 172 g/mol. The van der Waals surface area contributed by atoms with Crippen LogP contribution in [0, 0.1) is 6.07 Å². The van der Waals surface area contributed by atoms with Crippen LogP contribution in [0.25, 0.3) is 15.0 Å². The highest BCUT2D eigenvalue weighted by Crippen LogP contribution is 2.25. The first-order chi connectivity index (χ1) is 5.95. The molecule has 1 radical (unpaired) electrons. The Morgan fingerprint density at radius 1 is 1.25 bits per heavy atom. The van der Waals surface area contributed by atoms with Gasteiger partial charge in [-0.05, 0) is 18.2 Å². The van der Waals surface area contributed by atoms with Crippen LogP contribution in [-0.2, 0) is 0 Å². The Bertz CT molecular complexity index is 532. The molecule has 1 aromatic carbocycles. The van der Waals surface area contributed by atoms with E-state index in [-0.39, 0.29) is 0 Å². The van der Waals surface area contributed by atoms with E-state index in [2.05, 4.69) is 34.7 Å². The van der Waals surface area contributed by atoms with Crippen molar-refractivity contribution in [3.05, 3.63) is 42.6 Å². The number of hydrogen-bond donors (Lipinski definition) is 0. The van der Waals surface area contributed by atoms with E-state index < -0.39 is 0 Å². The van der Waals surface area contributed by atoms with Crippen LogP contribution < -0.4 is 0 Å². The minimum Gasteiger partial charge on any atom is -0.307 e. The molecule has 2 aromatic heterocycles. The molecular weight excluding hydrogens is 166 g/mol. The molecule has 3 aromatic rings. The van der Waals surface area contributed by atoms with Crippen molar-refractivity contribution in [3.8, 4) is 0 Å². The van der Waals surface area contributed by atoms with Gasteiger partial charge in [0.25, 0.3) is 0 Å². The molecular formula is C10H6NS. The molecule has 0 atom stereocenters. The van der Waals surface area contributed by atoms with E-state index in [1.165, 1.54) is 15.0 Å². The number of aromatic nitrogens is 1. The molecule has 57 valence electrons. The molecule has 0 fully saturated rings. The number of thiazole rings is 1. The van der Waals surface area contributed by atoms with Gasteiger partial charge < -0.3 is 4.40 Å². The lowest BCUT2D eigenvalue weighted by Gasteiger charge is -1.87. The summed E-state index contributed by atoms with van der Waals surface area (Å²) in [6.07, 6.45) is 2.05. The summed E-state index contributed by atoms with van der Waals surface area (Å²) in [5, 5.41) is 0. The first-order valence-electron chi connectivity index (χ1n) is 3.81. The molecule has 0 saturated carbocycles. The van der Waals surface area contributed by atoms with Gasteiger partial charge in [0.2, 0.25) is 0 Å². The maximum Gasteiger partial charge on any atom is 0.108 e. The molecule has 0 spiro atoms. The van der Waals surface area contributed by atoms with Gasteiger partial charge in [-0.25, -0.2) is 0 Å². The first kappa shape index (κ1) is 6.26. The van der Waals surface area contributed by atoms with Crippen LogP contribution in [0.2, 0.25) is 0 Å². The Balaban J connectivity index is 2.68. The smallest absolute Gasteiger partial charge is 0.108 e. The van der Waals surface area contributed by atoms with E-state index in [0.717, 1.165) is 0 Å². The predicted octanol–water partition coefficient (Wildman–Crippen LogP) is 2.95. The molecule has 0 amide bonds. The lowest BCUT2D eigenvalue weighted by Crippen LogP contribution is -1.73. The van der Waals surface area contributed by atoms with Gasteiger partial charge in [0.1, 0.15) is 4.83 Å². The first-order valence-corrected chi connectivity index (χ1v) is 4.63. The highest BCUT2D eigenvalue weighted by Gasteiger charge is 2.01. The van der Waals surface area contributed by atoms with E-state index >= 15 is 0 Å². The zero-order valence-electron chi connectivity index (χ0n) is 6.32. The quantitative estimate of drug-likeness (QED) is 0.491. The van der Waals surface area contributed by atoms with Crippen molar-refractivity contribution < 1.29 is 0 Å². The van der Waals surface area contributed by atoms with Gasteiger partial charge in [0.15, 0.2) is 0 Å². The lowest BCUT2D eigenvalue weighted by molar-refractivity contribution is 1.31. The Morgan fingerprint density at radius 3 is 3.17 bits per heavy atom. The van der Waals surface area contributed by atoms with Gasteiger partial charge in [-0.2, -0.15) is 0 Å². The Morgan fingerprint density at radius 2 is 2.17 bits per heavy atom. The second kappa shape index (κ2) is 2.11. The second-order valence-electron chi connectivity index (χ2n) is 2.71. The largest absolute Gasteiger partial charge is 0.307 e. The maximum atomic E-state index is 3.19. The predicted molar refractivity (Wildman–Crippen MR) is 51.6 cm³/mol. The third-order valence-corrected chi connectivity index (χ3v) is 3.05. The lowest BCUT2D eigenvalue weighted by atomic mass is 10.3. The molecule has 1 nitrogen and oxygen atoms in total. The van der Waals surface area contributed by atoms with Gasteiger partial charge in [-0.3, -0.25) is 0 Å². The summed E-state index contributed by atoms with van der Waals surface area (Å²) in [6, 6.07) is 13.6. The van der Waals surface area contributed by atoms with Gasteiger partial charge in [0, 0.05) is 12.3 Å². The molecule has 0 unspecified atom stereocenters. The van der Waals surface area contributed by atoms with Gasteiger partial charge in [-0.1, -0.05) is 12.1 Å². The summed E-state index contributed by atoms with van der Waals surface area (Å²) in [6.45, 7) is 0. The molecule has 0 aliphatic heterocycles. The van der Waals surface area contributed by atoms with Crippen LogP contribution in [0.15, 0.2) is 36.5 Å². The zero-order chi connectivity index (χ0) is 7.97. The molecule has 0 aliphatic rings. The number of para-hydroxylation sites is 1. The summed E-state index contributed by atoms with van der Waals surface area (Å²) in [7, 11) is 0. The van der Waals surface area contributed by atoms with Crippen molar-refractivity contribution in [2.75, 3.05) is 0 Å². The average Bonchev–Trinajstić information content (AvgIpc) is 2.62. The van der Waals surface area contributed by atoms with Crippen molar-refractivity contribution in [1.29, 1.82) is 0 Å². The van der Waals surface area contributed by atoms with Gasteiger partial charge in [-0.15, -0.1) is 11.3 Å². The molecule has 12 heavy (non-hydrogen) atoms. The summed E-state index contributed by atoms with van der Waals surface area (Å²) >= 11 is 1.78. The van der Waals surface area contributed by atoms with Crippen LogP contribution in [0.5, 0.6) is 0 Å². The van der Waals surface area contributed by atoms with Gasteiger partial charge in [0.05, 0.1) is 10.2 Å². The number of benzene rings is 1. The van der Waals surface area contributed by atoms with Crippen LogP contribution in [0.1, 0.15) is 0 Å². The van der Waals surface area contributed by atoms with Crippen LogP contribution >= 0.6 is 11.3 Å². The summed E-state index contributed by atoms with van der Waals surface area (Å²) in [4.78, 5) is 1.19. The normalized spacial score (nSPS) is 11.3. The Kier molecular flexibility index (Phi) is 1.10. The van der Waals surface area contributed by atoms with E-state index in [1.54, 1.807) is 11.3 Å². The molecule has 2 heteroatoms. The Labute approximate surface area is 73.9 Å². The molecule has 0 aliphatic carbocycles. The minimum absolute atomic E-state index is 1.19. The number of rotatable bonds is 0. The van der Waals surface area contributed by atoms with Crippen LogP contribution in [-0.4, -0.2) is 4.40 Å². The zero-order valence-corrected chi connectivity index (χ0v) is 7.14. The van der Waals surface area contributed by atoms with E-state index in [1.807, 2.05) is 12.3 Å². The summed E-state index contributed by atoms with van der Waals surface area (Å²) < 4.78 is 3.49. The maximum absolute atomic E-state index is 3.19. The number of hydrogen-bond acceptors (Lipinski definition) is 1. The second-order valence-corrected chi connectivity index (χ2v) is 3.74. The van der Waals surface area contributed by atoms with Crippen molar-refractivity contribution in [3.63, 3.8) is 0 Å². The standard InChI is InChI=1S/C10H6NS/c1-2-5-9-8(4-1)11-7-3-6-10(11)12-9/h1-5,7H. The summed E-state index contributed by atoms with van der Waals surface area (Å²) in [5.41, 5.74) is 1.28. The van der Waals surface area contributed by atoms with Crippen molar-refractivity contribution in [2.45, 2.75) is 0 Å². The van der Waals surface area contributed by atoms with E-state index in [0.29, 0.717) is 0 Å². The topological polar surface area (TPSA) is 4.41 Å². The fourth-order valence-electron chi connectivity index (χ4n) is 1.44. The van der Waals surface area contributed by atoms with E-state index in [4.69, 9.17) is 0 Å². The number of fused-ring (bicyclic) bond motifs is 3. The van der Waals surface area contributed by atoms with Crippen LogP contribution in [0.4, 0.5) is 0 Å². The van der Waals surface area contributed by atoms with Gasteiger partial charge >= 0.3 is 0 Å².